The Morgan fingerprint density at radius 3 is 2.00 bits per heavy atom. The molecule has 0 fully saturated rings. The van der Waals surface area contributed by atoms with E-state index in [1.165, 1.54) is 24.3 Å². The van der Waals surface area contributed by atoms with E-state index in [2.05, 4.69) is 0 Å². The lowest BCUT2D eigenvalue weighted by molar-refractivity contribution is 0.519. The second kappa shape index (κ2) is 8.67. The van der Waals surface area contributed by atoms with Crippen LogP contribution in [0.1, 0.15) is 30.1 Å². The van der Waals surface area contributed by atoms with Crippen LogP contribution in [0, 0.1) is 11.6 Å². The molecule has 0 saturated heterocycles. The van der Waals surface area contributed by atoms with Crippen LogP contribution in [0.2, 0.25) is 5.02 Å². The van der Waals surface area contributed by atoms with E-state index < -0.39 is 42.1 Å². The Labute approximate surface area is 163 Å². The Kier molecular flexibility index (Phi) is 6.99. The average Bonchev–Trinajstić information content (AvgIpc) is 2.56. The maximum Gasteiger partial charge on any atom is 0.185 e. The van der Waals surface area contributed by atoms with Gasteiger partial charge in [-0.2, -0.15) is 0 Å². The fraction of sp³-hybridized carbons (Fsp3) is 0.333. The van der Waals surface area contributed by atoms with Crippen LogP contribution in [-0.2, 0) is 19.7 Å². The van der Waals surface area contributed by atoms with Crippen LogP contribution in [0.15, 0.2) is 47.4 Å². The van der Waals surface area contributed by atoms with Gasteiger partial charge in [-0.1, -0.05) is 24.1 Å². The largest absolute Gasteiger partial charge is 0.229 e. The highest BCUT2D eigenvalue weighted by Gasteiger charge is 2.33. The van der Waals surface area contributed by atoms with Crippen molar-refractivity contribution >= 4 is 31.3 Å². The molecular formula is C18H19ClF2O4S2. The van der Waals surface area contributed by atoms with Gasteiger partial charge in [-0.15, -0.1) is 0 Å². The van der Waals surface area contributed by atoms with Crippen molar-refractivity contribution in [1.29, 1.82) is 0 Å². The van der Waals surface area contributed by atoms with E-state index in [0.29, 0.717) is 5.02 Å². The lowest BCUT2D eigenvalue weighted by Gasteiger charge is -2.19. The summed E-state index contributed by atoms with van der Waals surface area (Å²) in [7, 11) is -7.33. The van der Waals surface area contributed by atoms with Crippen LogP contribution in [0.4, 0.5) is 8.78 Å². The monoisotopic (exact) mass is 436 g/mol. The number of hydrogen-bond donors (Lipinski definition) is 0. The fourth-order valence-electron chi connectivity index (χ4n) is 2.76. The summed E-state index contributed by atoms with van der Waals surface area (Å²) in [5.41, 5.74) is -0.535. The average molecular weight is 437 g/mol. The van der Waals surface area contributed by atoms with Crippen LogP contribution in [0.5, 0.6) is 0 Å². The molecule has 2 aromatic rings. The van der Waals surface area contributed by atoms with Gasteiger partial charge in [-0.25, -0.2) is 25.6 Å². The number of sulfone groups is 2. The molecule has 0 radical (unpaired) electrons. The summed E-state index contributed by atoms with van der Waals surface area (Å²) in [5.74, 6) is -2.04. The van der Waals surface area contributed by atoms with Crippen molar-refractivity contribution in [3.8, 4) is 0 Å². The molecule has 0 spiro atoms. The first-order chi connectivity index (χ1) is 12.5. The van der Waals surface area contributed by atoms with Gasteiger partial charge in [-0.05, 0) is 49.2 Å². The van der Waals surface area contributed by atoms with Crippen molar-refractivity contribution in [2.75, 3.05) is 12.0 Å². The van der Waals surface area contributed by atoms with Gasteiger partial charge in [0.2, 0.25) is 0 Å². The Morgan fingerprint density at radius 2 is 1.48 bits per heavy atom. The molecule has 0 aromatic heterocycles. The van der Waals surface area contributed by atoms with E-state index in [4.69, 9.17) is 11.6 Å². The summed E-state index contributed by atoms with van der Waals surface area (Å²) in [4.78, 5) is -0.109. The molecule has 0 aliphatic rings. The Balaban J connectivity index is 2.41. The molecule has 9 heteroatoms. The minimum Gasteiger partial charge on any atom is -0.229 e. The Bertz CT molecular complexity index is 984. The Hall–Kier alpha value is -1.51. The lowest BCUT2D eigenvalue weighted by atomic mass is 10.1. The zero-order valence-electron chi connectivity index (χ0n) is 14.5. The molecule has 0 bridgehead atoms. The van der Waals surface area contributed by atoms with E-state index in [9.17, 15) is 25.6 Å². The molecule has 0 N–H and O–H groups in total. The van der Waals surface area contributed by atoms with Gasteiger partial charge in [0.05, 0.1) is 10.1 Å². The van der Waals surface area contributed by atoms with Crippen LogP contribution in [-0.4, -0.2) is 28.8 Å². The highest BCUT2D eigenvalue weighted by molar-refractivity contribution is 7.91. The number of hydrogen-bond acceptors (Lipinski definition) is 4. The third-order valence-corrected chi connectivity index (χ3v) is 7.50. The quantitative estimate of drug-likeness (QED) is 0.577. The standard InChI is InChI=1S/C18H19ClF2O4S2/c1-26(22,23)12-3-2-7-17(18-15(20)5-4-6-16(18)21)27(24,25)14-10-8-13(19)9-11-14/h4-6,8-11,17H,2-3,7,12H2,1H3. The molecule has 1 atom stereocenters. The fourth-order valence-corrected chi connectivity index (χ4v) is 5.47. The van der Waals surface area contributed by atoms with Crippen molar-refractivity contribution in [3.05, 3.63) is 64.7 Å². The highest BCUT2D eigenvalue weighted by Crippen LogP contribution is 2.36. The summed E-state index contributed by atoms with van der Waals surface area (Å²) in [6.07, 6.45) is 1.34. The summed E-state index contributed by atoms with van der Waals surface area (Å²) in [6, 6.07) is 8.47. The Morgan fingerprint density at radius 1 is 0.926 bits per heavy atom. The molecule has 0 heterocycles. The van der Waals surface area contributed by atoms with Crippen molar-refractivity contribution in [3.63, 3.8) is 0 Å². The van der Waals surface area contributed by atoms with E-state index >= 15 is 0 Å². The number of rotatable bonds is 8. The van der Waals surface area contributed by atoms with Crippen LogP contribution < -0.4 is 0 Å². The molecule has 148 valence electrons. The highest BCUT2D eigenvalue weighted by atomic mass is 35.5. The van der Waals surface area contributed by atoms with E-state index in [1.54, 1.807) is 0 Å². The van der Waals surface area contributed by atoms with Gasteiger partial charge >= 0.3 is 0 Å². The third kappa shape index (κ3) is 5.73. The van der Waals surface area contributed by atoms with Crippen molar-refractivity contribution < 1.29 is 25.6 Å². The van der Waals surface area contributed by atoms with Crippen LogP contribution >= 0.6 is 11.6 Å². The molecule has 1 unspecified atom stereocenters. The topological polar surface area (TPSA) is 68.3 Å². The van der Waals surface area contributed by atoms with Gasteiger partial charge in [0.1, 0.15) is 21.5 Å². The van der Waals surface area contributed by atoms with Gasteiger partial charge in [0.15, 0.2) is 9.84 Å². The van der Waals surface area contributed by atoms with E-state index in [1.807, 2.05) is 0 Å². The second-order valence-corrected chi connectivity index (χ2v) is 11.1. The van der Waals surface area contributed by atoms with Crippen LogP contribution in [0.3, 0.4) is 0 Å². The van der Waals surface area contributed by atoms with Crippen LogP contribution in [0.25, 0.3) is 0 Å². The minimum absolute atomic E-state index is 0.109. The maximum absolute atomic E-state index is 14.3. The molecule has 0 aliphatic heterocycles. The molecule has 2 aromatic carbocycles. The number of unbranched alkanes of at least 4 members (excludes halogenated alkanes) is 1. The summed E-state index contributed by atoms with van der Waals surface area (Å²) >= 11 is 5.78. The first kappa shape index (κ1) is 21.8. The predicted octanol–water partition coefficient (Wildman–Crippen LogP) is 4.35. The normalized spacial score (nSPS) is 13.5. The molecule has 4 nitrogen and oxygen atoms in total. The van der Waals surface area contributed by atoms with Gasteiger partial charge < -0.3 is 0 Å². The van der Waals surface area contributed by atoms with Crippen molar-refractivity contribution in [2.45, 2.75) is 29.4 Å². The van der Waals surface area contributed by atoms with Gasteiger partial charge in [0, 0.05) is 22.6 Å². The first-order valence-electron chi connectivity index (χ1n) is 8.13. The molecule has 0 saturated carbocycles. The van der Waals surface area contributed by atoms with E-state index in [-0.39, 0.29) is 29.9 Å². The summed E-state index contributed by atoms with van der Waals surface area (Å²) in [5, 5.41) is -1.14. The lowest BCUT2D eigenvalue weighted by Crippen LogP contribution is -2.17. The zero-order valence-corrected chi connectivity index (χ0v) is 16.9. The molecule has 27 heavy (non-hydrogen) atoms. The third-order valence-electron chi connectivity index (χ3n) is 4.07. The van der Waals surface area contributed by atoms with E-state index in [0.717, 1.165) is 24.5 Å². The SMILES string of the molecule is CS(=O)(=O)CCCCC(c1c(F)cccc1F)S(=O)(=O)c1ccc(Cl)cc1. The minimum atomic E-state index is -4.12. The van der Waals surface area contributed by atoms with Gasteiger partial charge in [0.25, 0.3) is 0 Å². The predicted molar refractivity (Wildman–Crippen MR) is 101 cm³/mol. The van der Waals surface area contributed by atoms with Crippen molar-refractivity contribution in [2.24, 2.45) is 0 Å². The smallest absolute Gasteiger partial charge is 0.185 e. The summed E-state index contributed by atoms with van der Waals surface area (Å²) < 4.78 is 77.2. The van der Waals surface area contributed by atoms with Gasteiger partial charge in [-0.3, -0.25) is 0 Å². The molecular weight excluding hydrogens is 418 g/mol. The maximum atomic E-state index is 14.3. The number of benzene rings is 2. The summed E-state index contributed by atoms with van der Waals surface area (Å²) in [6.45, 7) is 0. The molecule has 2 rings (SSSR count). The van der Waals surface area contributed by atoms with Crippen molar-refractivity contribution in [1.82, 2.24) is 0 Å². The zero-order chi connectivity index (χ0) is 20.2. The second-order valence-electron chi connectivity index (χ2n) is 6.25. The number of halogens is 3. The molecule has 0 amide bonds. The first-order valence-corrected chi connectivity index (χ1v) is 12.1. The molecule has 0 aliphatic carbocycles.